The van der Waals surface area contributed by atoms with Gasteiger partial charge in [-0.3, -0.25) is 0 Å². The van der Waals surface area contributed by atoms with Crippen molar-refractivity contribution >= 4 is 0 Å². The Kier molecular flexibility index (Phi) is 5.56. The average Bonchev–Trinajstić information content (AvgIpc) is 1.98. The second-order valence-corrected chi connectivity index (χ2v) is 3.10. The van der Waals surface area contributed by atoms with Crippen LogP contribution < -0.4 is 0 Å². The van der Waals surface area contributed by atoms with E-state index < -0.39 is 0 Å². The summed E-state index contributed by atoms with van der Waals surface area (Å²) in [7, 11) is 0. The van der Waals surface area contributed by atoms with Gasteiger partial charge in [-0.05, 0) is 5.92 Å². The van der Waals surface area contributed by atoms with Crippen molar-refractivity contribution in [2.24, 2.45) is 5.92 Å². The van der Waals surface area contributed by atoms with Gasteiger partial charge in [0.1, 0.15) is 0 Å². The molecule has 0 spiro atoms. The summed E-state index contributed by atoms with van der Waals surface area (Å²) >= 11 is 0. The third kappa shape index (κ3) is 5.66. The highest BCUT2D eigenvalue weighted by molar-refractivity contribution is 4.91. The monoisotopic (exact) mass is 151 g/mol. The molecule has 0 aliphatic rings. The van der Waals surface area contributed by atoms with Gasteiger partial charge < -0.3 is 4.85 Å². The van der Waals surface area contributed by atoms with Crippen molar-refractivity contribution in [3.05, 3.63) is 23.6 Å². The van der Waals surface area contributed by atoms with Crippen molar-refractivity contribution in [2.45, 2.75) is 39.7 Å². The van der Waals surface area contributed by atoms with E-state index in [1.165, 1.54) is 0 Å². The molecule has 0 fully saturated rings. The van der Waals surface area contributed by atoms with Crippen molar-refractivity contribution in [1.82, 2.24) is 0 Å². The molecule has 0 bridgehead atoms. The number of rotatable bonds is 4. The standard InChI is InChI=1S/C10H17N/c1-5-10(11-4)8-6-7-9(2)3/h6-7,9-10H,5,8H2,1-3H3. The average molecular weight is 151 g/mol. The number of nitrogens with zero attached hydrogens (tertiary/aromatic N) is 1. The van der Waals surface area contributed by atoms with Crippen LogP contribution in [0.15, 0.2) is 12.2 Å². The lowest BCUT2D eigenvalue weighted by molar-refractivity contribution is 0.740. The van der Waals surface area contributed by atoms with E-state index in [-0.39, 0.29) is 6.04 Å². The quantitative estimate of drug-likeness (QED) is 0.429. The fourth-order valence-electron chi connectivity index (χ4n) is 0.818. The molecule has 0 aromatic carbocycles. The lowest BCUT2D eigenvalue weighted by atomic mass is 10.1. The molecular weight excluding hydrogens is 134 g/mol. The van der Waals surface area contributed by atoms with E-state index in [1.807, 2.05) is 0 Å². The van der Waals surface area contributed by atoms with Crippen LogP contribution in [0.1, 0.15) is 33.6 Å². The Balaban J connectivity index is 3.60. The topological polar surface area (TPSA) is 4.36 Å². The lowest BCUT2D eigenvalue weighted by Gasteiger charge is -1.97. The molecule has 0 heterocycles. The Morgan fingerprint density at radius 1 is 1.45 bits per heavy atom. The molecule has 62 valence electrons. The zero-order chi connectivity index (χ0) is 8.69. The molecule has 11 heavy (non-hydrogen) atoms. The van der Waals surface area contributed by atoms with Gasteiger partial charge in [0.15, 0.2) is 0 Å². The number of hydrogen-bond acceptors (Lipinski definition) is 0. The van der Waals surface area contributed by atoms with Gasteiger partial charge >= 0.3 is 0 Å². The molecule has 0 amide bonds. The molecule has 1 heteroatoms. The van der Waals surface area contributed by atoms with Crippen molar-refractivity contribution in [3.8, 4) is 0 Å². The van der Waals surface area contributed by atoms with Gasteiger partial charge in [-0.2, -0.15) is 0 Å². The summed E-state index contributed by atoms with van der Waals surface area (Å²) in [6, 6.07) is 0.199. The summed E-state index contributed by atoms with van der Waals surface area (Å²) in [6.45, 7) is 13.2. The fourth-order valence-corrected chi connectivity index (χ4v) is 0.818. The largest absolute Gasteiger partial charge is 0.313 e. The first-order valence-electron chi connectivity index (χ1n) is 4.24. The first kappa shape index (κ1) is 10.2. The third-order valence-electron chi connectivity index (χ3n) is 1.58. The predicted molar refractivity (Wildman–Crippen MR) is 49.3 cm³/mol. The molecule has 0 aromatic heterocycles. The second kappa shape index (κ2) is 5.97. The normalized spacial score (nSPS) is 13.7. The van der Waals surface area contributed by atoms with E-state index in [0.717, 1.165) is 12.8 Å². The van der Waals surface area contributed by atoms with Crippen LogP contribution in [0.4, 0.5) is 0 Å². The van der Waals surface area contributed by atoms with E-state index >= 15 is 0 Å². The van der Waals surface area contributed by atoms with Crippen LogP contribution in [-0.2, 0) is 0 Å². The highest BCUT2D eigenvalue weighted by Gasteiger charge is 2.04. The second-order valence-electron chi connectivity index (χ2n) is 3.10. The molecule has 0 radical (unpaired) electrons. The summed E-state index contributed by atoms with van der Waals surface area (Å²) in [4.78, 5) is 3.50. The third-order valence-corrected chi connectivity index (χ3v) is 1.58. The molecule has 1 unspecified atom stereocenters. The molecule has 0 saturated heterocycles. The van der Waals surface area contributed by atoms with Crippen LogP contribution in [0.2, 0.25) is 0 Å². The van der Waals surface area contributed by atoms with E-state index in [0.29, 0.717) is 5.92 Å². The van der Waals surface area contributed by atoms with Gasteiger partial charge in [0.2, 0.25) is 6.04 Å². The SMILES string of the molecule is [C-]#[N+]C(CC)CC=CC(C)C. The number of hydrogen-bond donors (Lipinski definition) is 0. The van der Waals surface area contributed by atoms with Crippen LogP contribution in [-0.4, -0.2) is 6.04 Å². The number of allylic oxidation sites excluding steroid dienone is 1. The molecule has 1 atom stereocenters. The Hall–Kier alpha value is -0.770. The first-order valence-corrected chi connectivity index (χ1v) is 4.24. The first-order chi connectivity index (χ1) is 5.20. The Morgan fingerprint density at radius 2 is 2.09 bits per heavy atom. The maximum absolute atomic E-state index is 6.84. The predicted octanol–water partition coefficient (Wildman–Crippen LogP) is 3.29. The fraction of sp³-hybridized carbons (Fsp3) is 0.700. The smallest absolute Gasteiger partial charge is 0.226 e. The van der Waals surface area contributed by atoms with Crippen LogP contribution in [0.5, 0.6) is 0 Å². The minimum Gasteiger partial charge on any atom is -0.313 e. The van der Waals surface area contributed by atoms with Crippen LogP contribution in [0, 0.1) is 12.5 Å². The molecule has 0 aliphatic heterocycles. The van der Waals surface area contributed by atoms with E-state index in [1.54, 1.807) is 0 Å². The minimum absolute atomic E-state index is 0.199. The van der Waals surface area contributed by atoms with Gasteiger partial charge in [0, 0.05) is 12.8 Å². The Morgan fingerprint density at radius 3 is 2.45 bits per heavy atom. The van der Waals surface area contributed by atoms with Crippen LogP contribution in [0.3, 0.4) is 0 Å². The van der Waals surface area contributed by atoms with Crippen molar-refractivity contribution in [2.75, 3.05) is 0 Å². The molecule has 0 rings (SSSR count). The van der Waals surface area contributed by atoms with Crippen molar-refractivity contribution in [1.29, 1.82) is 0 Å². The van der Waals surface area contributed by atoms with Crippen molar-refractivity contribution < 1.29 is 0 Å². The van der Waals surface area contributed by atoms with Gasteiger partial charge in [-0.25, -0.2) is 6.57 Å². The van der Waals surface area contributed by atoms with Gasteiger partial charge in [-0.15, -0.1) is 0 Å². The highest BCUT2D eigenvalue weighted by Crippen LogP contribution is 2.05. The molecule has 0 aromatic rings. The minimum atomic E-state index is 0.199. The van der Waals surface area contributed by atoms with Gasteiger partial charge in [0.25, 0.3) is 0 Å². The maximum Gasteiger partial charge on any atom is 0.226 e. The maximum atomic E-state index is 6.84. The summed E-state index contributed by atoms with van der Waals surface area (Å²) in [5.41, 5.74) is 0. The summed E-state index contributed by atoms with van der Waals surface area (Å²) in [5.74, 6) is 0.609. The summed E-state index contributed by atoms with van der Waals surface area (Å²) in [5, 5.41) is 0. The van der Waals surface area contributed by atoms with E-state index in [2.05, 4.69) is 37.8 Å². The lowest BCUT2D eigenvalue weighted by Crippen LogP contribution is -1.96. The van der Waals surface area contributed by atoms with Crippen LogP contribution >= 0.6 is 0 Å². The van der Waals surface area contributed by atoms with Gasteiger partial charge in [-0.1, -0.05) is 32.9 Å². The molecular formula is C10H17N. The van der Waals surface area contributed by atoms with Crippen LogP contribution in [0.25, 0.3) is 4.85 Å². The zero-order valence-corrected chi connectivity index (χ0v) is 7.67. The molecule has 0 N–H and O–H groups in total. The van der Waals surface area contributed by atoms with Crippen molar-refractivity contribution in [3.63, 3.8) is 0 Å². The van der Waals surface area contributed by atoms with Gasteiger partial charge in [0.05, 0.1) is 0 Å². The Labute approximate surface area is 69.9 Å². The van der Waals surface area contributed by atoms with E-state index in [4.69, 9.17) is 6.57 Å². The highest BCUT2D eigenvalue weighted by atomic mass is 14.7. The summed E-state index contributed by atoms with van der Waals surface area (Å²) in [6.07, 6.45) is 6.16. The Bertz CT molecular complexity index is 151. The summed E-state index contributed by atoms with van der Waals surface area (Å²) < 4.78 is 0. The zero-order valence-electron chi connectivity index (χ0n) is 7.67. The molecule has 1 nitrogen and oxygen atoms in total. The molecule has 0 saturated carbocycles. The van der Waals surface area contributed by atoms with E-state index in [9.17, 15) is 0 Å². The molecule has 0 aliphatic carbocycles.